The Morgan fingerprint density at radius 1 is 0.850 bits per heavy atom. The summed E-state index contributed by atoms with van der Waals surface area (Å²) in [5.41, 5.74) is 2.13. The summed E-state index contributed by atoms with van der Waals surface area (Å²) in [6, 6.07) is 15.3. The fraction of sp³-hybridized carbons (Fsp3) is 0.300. The third kappa shape index (κ3) is 5.23. The quantitative estimate of drug-likeness (QED) is 0.261. The van der Waals surface area contributed by atoms with Gasteiger partial charge in [0.15, 0.2) is 5.60 Å². The van der Waals surface area contributed by atoms with E-state index < -0.39 is 11.6 Å². The topological polar surface area (TPSA) is 132 Å². The molecule has 10 nitrogen and oxygen atoms in total. The lowest BCUT2D eigenvalue weighted by molar-refractivity contribution is -0.119. The number of fused-ring (bicyclic) bond motifs is 6. The Hall–Kier alpha value is -4.41. The number of phenols is 1. The van der Waals surface area contributed by atoms with Crippen LogP contribution in [0.3, 0.4) is 0 Å². The van der Waals surface area contributed by atoms with Gasteiger partial charge >= 0.3 is 5.97 Å². The minimum absolute atomic E-state index is 0.0278. The molecule has 0 saturated carbocycles. The average molecular weight is 547 g/mol. The zero-order chi connectivity index (χ0) is 28.3. The van der Waals surface area contributed by atoms with E-state index in [0.717, 1.165) is 5.56 Å². The molecule has 0 bridgehead atoms. The molecule has 2 amide bonds. The summed E-state index contributed by atoms with van der Waals surface area (Å²) in [4.78, 5) is 36.9. The molecule has 0 saturated heterocycles. The molecule has 0 aromatic heterocycles. The molecule has 208 valence electrons. The van der Waals surface area contributed by atoms with Crippen molar-refractivity contribution in [2.45, 2.75) is 19.4 Å². The maximum absolute atomic E-state index is 13.2. The molecule has 1 unspecified atom stereocenters. The van der Waals surface area contributed by atoms with Gasteiger partial charge in [-0.15, -0.1) is 0 Å². The fourth-order valence-electron chi connectivity index (χ4n) is 4.93. The third-order valence-corrected chi connectivity index (χ3v) is 6.73. The predicted molar refractivity (Wildman–Crippen MR) is 144 cm³/mol. The van der Waals surface area contributed by atoms with Gasteiger partial charge in [-0.25, -0.2) is 4.79 Å². The second kappa shape index (κ2) is 11.4. The highest BCUT2D eigenvalue weighted by molar-refractivity contribution is 6.01. The normalized spacial score (nSPS) is 16.4. The number of aromatic hydroxyl groups is 1. The van der Waals surface area contributed by atoms with Gasteiger partial charge in [-0.2, -0.15) is 0 Å². The zero-order valence-corrected chi connectivity index (χ0v) is 22.2. The van der Waals surface area contributed by atoms with E-state index in [0.29, 0.717) is 60.1 Å². The molecule has 5 rings (SSSR count). The van der Waals surface area contributed by atoms with E-state index in [-0.39, 0.29) is 36.3 Å². The van der Waals surface area contributed by atoms with Crippen molar-refractivity contribution in [3.8, 4) is 17.2 Å². The number of rotatable bonds is 10. The number of nitrogens with one attached hydrogen (secondary N) is 2. The molecule has 0 radical (unpaired) electrons. The lowest BCUT2D eigenvalue weighted by Gasteiger charge is -2.36. The number of phenolic OH excluding ortho intramolecular Hbond substituents is 1. The summed E-state index contributed by atoms with van der Waals surface area (Å²) in [5.74, 6) is -0.0674. The van der Waals surface area contributed by atoms with Crippen LogP contribution in [0.4, 0.5) is 0 Å². The number of ether oxygens (including phenoxy) is 4. The van der Waals surface area contributed by atoms with Crippen LogP contribution in [-0.2, 0) is 24.6 Å². The molecule has 40 heavy (non-hydrogen) atoms. The Kier molecular flexibility index (Phi) is 7.72. The van der Waals surface area contributed by atoms with Crippen LogP contribution in [0.5, 0.6) is 17.2 Å². The van der Waals surface area contributed by atoms with Gasteiger partial charge in [-0.3, -0.25) is 9.59 Å². The van der Waals surface area contributed by atoms with Crippen molar-refractivity contribution in [3.05, 3.63) is 88.0 Å². The van der Waals surface area contributed by atoms with Gasteiger partial charge in [0.05, 0.1) is 32.0 Å². The summed E-state index contributed by atoms with van der Waals surface area (Å²) in [5, 5.41) is 15.5. The number of carbonyl (C=O) groups excluding carboxylic acids is 3. The standard InChI is InChI=1S/C30H30N2O8/c1-18-3-6-24-26(15-18)39-27-17-21(34)5-8-25(27)30(24)23-7-4-20(16-22(23)29(36)40-30)28(35)32-10-12-38-14-13-37-11-9-31-19(2)33/h3-8,15-17,34H,9-14H2,1-2H3,(H,31,33)(H,32,35). The first-order valence-corrected chi connectivity index (χ1v) is 13.0. The van der Waals surface area contributed by atoms with E-state index in [1.54, 1.807) is 18.2 Å². The SMILES string of the molecule is CC(=O)NCCOCCOCCNC(=O)c1ccc2c(c1)C(=O)OC21c2ccc(C)cc2Oc2cc(O)ccc21. The van der Waals surface area contributed by atoms with Crippen LogP contribution in [0.15, 0.2) is 54.6 Å². The van der Waals surface area contributed by atoms with Crippen LogP contribution < -0.4 is 15.4 Å². The van der Waals surface area contributed by atoms with Gasteiger partial charge in [0, 0.05) is 48.3 Å². The number of hydrogen-bond donors (Lipinski definition) is 3. The van der Waals surface area contributed by atoms with Crippen LogP contribution in [0.25, 0.3) is 0 Å². The minimum Gasteiger partial charge on any atom is -0.508 e. The fourth-order valence-corrected chi connectivity index (χ4v) is 4.93. The van der Waals surface area contributed by atoms with Crippen LogP contribution >= 0.6 is 0 Å². The number of esters is 1. The predicted octanol–water partition coefficient (Wildman–Crippen LogP) is 3.17. The molecule has 2 aliphatic rings. The average Bonchev–Trinajstić information content (AvgIpc) is 3.21. The second-order valence-corrected chi connectivity index (χ2v) is 9.58. The van der Waals surface area contributed by atoms with Gasteiger partial charge < -0.3 is 34.7 Å². The lowest BCUT2D eigenvalue weighted by Crippen LogP contribution is -2.33. The van der Waals surface area contributed by atoms with E-state index in [4.69, 9.17) is 18.9 Å². The highest BCUT2D eigenvalue weighted by atomic mass is 16.6. The Bertz CT molecular complexity index is 1420. The van der Waals surface area contributed by atoms with Crippen molar-refractivity contribution in [1.82, 2.24) is 10.6 Å². The molecule has 1 spiro atoms. The molecule has 1 atom stereocenters. The number of amides is 2. The maximum atomic E-state index is 13.2. The summed E-state index contributed by atoms with van der Waals surface area (Å²) < 4.78 is 23.0. The van der Waals surface area contributed by atoms with Crippen LogP contribution in [0, 0.1) is 6.92 Å². The molecule has 3 N–H and O–H groups in total. The van der Waals surface area contributed by atoms with Crippen molar-refractivity contribution < 1.29 is 38.4 Å². The molecule has 0 aliphatic carbocycles. The van der Waals surface area contributed by atoms with Crippen LogP contribution in [-0.4, -0.2) is 62.4 Å². The Labute approximate surface area is 231 Å². The van der Waals surface area contributed by atoms with Gasteiger partial charge in [0.1, 0.15) is 17.2 Å². The first-order valence-electron chi connectivity index (χ1n) is 13.0. The number of hydrogen-bond acceptors (Lipinski definition) is 8. The third-order valence-electron chi connectivity index (χ3n) is 6.73. The van der Waals surface area contributed by atoms with Crippen molar-refractivity contribution in [3.63, 3.8) is 0 Å². The Morgan fingerprint density at radius 2 is 1.50 bits per heavy atom. The summed E-state index contributed by atoms with van der Waals surface area (Å²) >= 11 is 0. The van der Waals surface area contributed by atoms with Gasteiger partial charge in [0.2, 0.25) is 5.91 Å². The maximum Gasteiger partial charge on any atom is 0.340 e. The van der Waals surface area contributed by atoms with Crippen molar-refractivity contribution in [2.75, 3.05) is 39.5 Å². The molecular weight excluding hydrogens is 516 g/mol. The molecule has 2 heterocycles. The Morgan fingerprint density at radius 3 is 2.23 bits per heavy atom. The first kappa shape index (κ1) is 27.2. The highest BCUT2D eigenvalue weighted by Gasteiger charge is 2.53. The van der Waals surface area contributed by atoms with E-state index >= 15 is 0 Å². The van der Waals surface area contributed by atoms with E-state index in [1.165, 1.54) is 25.1 Å². The summed E-state index contributed by atoms with van der Waals surface area (Å²) in [6.07, 6.45) is 0. The minimum atomic E-state index is -1.27. The van der Waals surface area contributed by atoms with Crippen molar-refractivity contribution >= 4 is 17.8 Å². The van der Waals surface area contributed by atoms with Crippen molar-refractivity contribution in [1.29, 1.82) is 0 Å². The highest BCUT2D eigenvalue weighted by Crippen LogP contribution is 2.56. The van der Waals surface area contributed by atoms with Crippen LogP contribution in [0.1, 0.15) is 49.9 Å². The van der Waals surface area contributed by atoms with Gasteiger partial charge in [-0.1, -0.05) is 18.2 Å². The summed E-state index contributed by atoms with van der Waals surface area (Å²) in [7, 11) is 0. The van der Waals surface area contributed by atoms with E-state index in [2.05, 4.69) is 10.6 Å². The summed E-state index contributed by atoms with van der Waals surface area (Å²) in [6.45, 7) is 5.51. The molecule has 0 fully saturated rings. The van der Waals surface area contributed by atoms with Gasteiger partial charge in [-0.05, 0) is 42.8 Å². The number of benzene rings is 3. The van der Waals surface area contributed by atoms with Crippen molar-refractivity contribution in [2.24, 2.45) is 0 Å². The molecule has 3 aromatic rings. The molecule has 10 heteroatoms. The Balaban J connectivity index is 1.28. The smallest absolute Gasteiger partial charge is 0.340 e. The zero-order valence-electron chi connectivity index (χ0n) is 22.2. The first-order chi connectivity index (χ1) is 19.3. The molecule has 3 aromatic carbocycles. The van der Waals surface area contributed by atoms with E-state index in [9.17, 15) is 19.5 Å². The largest absolute Gasteiger partial charge is 0.508 e. The monoisotopic (exact) mass is 546 g/mol. The molecule has 2 aliphatic heterocycles. The lowest BCUT2D eigenvalue weighted by atomic mass is 9.77. The number of aryl methyl sites for hydroxylation is 1. The van der Waals surface area contributed by atoms with Crippen LogP contribution in [0.2, 0.25) is 0 Å². The van der Waals surface area contributed by atoms with E-state index in [1.807, 2.05) is 25.1 Å². The van der Waals surface area contributed by atoms with Gasteiger partial charge in [0.25, 0.3) is 5.91 Å². The second-order valence-electron chi connectivity index (χ2n) is 9.58. The number of carbonyl (C=O) groups is 3. The molecular formula is C30H30N2O8.